The van der Waals surface area contributed by atoms with Gasteiger partial charge in [-0.15, -0.1) is 0 Å². The van der Waals surface area contributed by atoms with E-state index in [9.17, 15) is 4.79 Å². The number of hydrogen-bond donors (Lipinski definition) is 0. The van der Waals surface area contributed by atoms with Crippen molar-refractivity contribution in [3.63, 3.8) is 0 Å². The molecule has 0 aliphatic heterocycles. The van der Waals surface area contributed by atoms with Crippen LogP contribution in [-0.2, 0) is 9.53 Å². The van der Waals surface area contributed by atoms with Gasteiger partial charge >= 0.3 is 0 Å². The summed E-state index contributed by atoms with van der Waals surface area (Å²) in [6.07, 6.45) is 14.7. The summed E-state index contributed by atoms with van der Waals surface area (Å²) in [4.78, 5) is 11.3. The van der Waals surface area contributed by atoms with Gasteiger partial charge in [-0.05, 0) is 24.5 Å². The lowest BCUT2D eigenvalue weighted by Gasteiger charge is -2.29. The molecule has 1 atom stereocenters. The number of aldehydes is 1. The molecule has 2 nitrogen and oxygen atoms in total. The minimum Gasteiger partial charge on any atom is -0.369 e. The average molecular weight is 250 g/mol. The van der Waals surface area contributed by atoms with E-state index in [4.69, 9.17) is 4.74 Å². The molecule has 0 heterocycles. The highest BCUT2D eigenvalue weighted by Crippen LogP contribution is 2.31. The van der Waals surface area contributed by atoms with Crippen molar-refractivity contribution in [3.8, 4) is 0 Å². The van der Waals surface area contributed by atoms with Crippen LogP contribution in [0.4, 0.5) is 0 Å². The fourth-order valence-corrected chi connectivity index (χ4v) is 2.50. The predicted octanol–water partition coefficient (Wildman–Crippen LogP) is 3.92. The van der Waals surface area contributed by atoms with Gasteiger partial charge in [-0.1, -0.05) is 51.7 Å². The highest BCUT2D eigenvalue weighted by atomic mass is 16.5. The molecule has 0 aromatic rings. The van der Waals surface area contributed by atoms with Crippen LogP contribution in [0.15, 0.2) is 24.3 Å². The van der Waals surface area contributed by atoms with Gasteiger partial charge in [0.15, 0.2) is 0 Å². The zero-order valence-electron chi connectivity index (χ0n) is 11.9. The number of hydrogen-bond acceptors (Lipinski definition) is 2. The maximum absolute atomic E-state index is 11.3. The summed E-state index contributed by atoms with van der Waals surface area (Å²) in [7, 11) is 1.68. The topological polar surface area (TPSA) is 26.3 Å². The molecule has 0 bridgehead atoms. The molecule has 0 fully saturated rings. The molecular formula is C16H26O2. The summed E-state index contributed by atoms with van der Waals surface area (Å²) in [5.74, 6) is 0.717. The Bertz CT molecular complexity index is 290. The molecule has 0 aromatic carbocycles. The molecule has 0 amide bonds. The summed E-state index contributed by atoms with van der Waals surface area (Å²) in [5.41, 5.74) is -0.486. The van der Waals surface area contributed by atoms with Crippen LogP contribution < -0.4 is 0 Å². The van der Waals surface area contributed by atoms with E-state index in [1.165, 1.54) is 19.3 Å². The number of carbonyl (C=O) groups is 1. The van der Waals surface area contributed by atoms with E-state index in [0.29, 0.717) is 0 Å². The molecule has 0 N–H and O–H groups in total. The number of unbranched alkanes of at least 4 members (excludes halogenated alkanes) is 2. The highest BCUT2D eigenvalue weighted by molar-refractivity contribution is 5.59. The Morgan fingerprint density at radius 1 is 1.11 bits per heavy atom. The molecule has 0 radical (unpaired) electrons. The van der Waals surface area contributed by atoms with Crippen LogP contribution in [0, 0.1) is 11.8 Å². The first-order valence-electron chi connectivity index (χ1n) is 7.02. The van der Waals surface area contributed by atoms with Gasteiger partial charge in [0.1, 0.15) is 11.9 Å². The summed E-state index contributed by atoms with van der Waals surface area (Å²) in [6, 6.07) is 0. The first-order valence-corrected chi connectivity index (χ1v) is 7.02. The number of methoxy groups -OCH3 is 1. The van der Waals surface area contributed by atoms with Crippen molar-refractivity contribution in [2.75, 3.05) is 7.11 Å². The van der Waals surface area contributed by atoms with E-state index in [1.54, 1.807) is 7.11 Å². The van der Waals surface area contributed by atoms with E-state index >= 15 is 0 Å². The van der Waals surface area contributed by atoms with E-state index in [0.717, 1.165) is 25.0 Å². The Labute approximate surface area is 111 Å². The second-order valence-electron chi connectivity index (χ2n) is 5.55. The summed E-state index contributed by atoms with van der Waals surface area (Å²) < 4.78 is 5.54. The summed E-state index contributed by atoms with van der Waals surface area (Å²) >= 11 is 0. The molecule has 0 saturated heterocycles. The SMILES string of the molecule is COC1(C(C=O)CCCCCC(C)C)C=CC=C1. The van der Waals surface area contributed by atoms with Crippen molar-refractivity contribution in [2.45, 2.75) is 51.6 Å². The van der Waals surface area contributed by atoms with E-state index < -0.39 is 5.60 Å². The number of allylic oxidation sites excluding steroid dienone is 2. The highest BCUT2D eigenvalue weighted by Gasteiger charge is 2.35. The quantitative estimate of drug-likeness (QED) is 0.458. The van der Waals surface area contributed by atoms with Crippen molar-refractivity contribution in [1.82, 2.24) is 0 Å². The molecule has 0 saturated carbocycles. The summed E-state index contributed by atoms with van der Waals surface area (Å²) in [5, 5.41) is 0. The third-order valence-corrected chi connectivity index (χ3v) is 3.72. The third-order valence-electron chi connectivity index (χ3n) is 3.72. The lowest BCUT2D eigenvalue weighted by molar-refractivity contribution is -0.117. The van der Waals surface area contributed by atoms with E-state index in [2.05, 4.69) is 13.8 Å². The van der Waals surface area contributed by atoms with Crippen molar-refractivity contribution in [3.05, 3.63) is 24.3 Å². The second-order valence-corrected chi connectivity index (χ2v) is 5.55. The van der Waals surface area contributed by atoms with Crippen LogP contribution in [0.2, 0.25) is 0 Å². The van der Waals surface area contributed by atoms with Crippen molar-refractivity contribution >= 4 is 6.29 Å². The Morgan fingerprint density at radius 3 is 2.22 bits per heavy atom. The standard InChI is InChI=1S/C16H26O2/c1-14(2)9-5-4-6-10-15(13-17)16(18-3)11-7-8-12-16/h7-8,11-15H,4-6,9-10H2,1-3H3. The fraction of sp³-hybridized carbons (Fsp3) is 0.688. The Kier molecular flexibility index (Phi) is 6.34. The van der Waals surface area contributed by atoms with Gasteiger partial charge in [-0.3, -0.25) is 0 Å². The van der Waals surface area contributed by atoms with Crippen LogP contribution in [0.1, 0.15) is 46.0 Å². The summed E-state index contributed by atoms with van der Waals surface area (Å²) in [6.45, 7) is 4.50. The Hall–Kier alpha value is -0.890. The number of ether oxygens (including phenoxy) is 1. The van der Waals surface area contributed by atoms with Crippen LogP contribution in [0.25, 0.3) is 0 Å². The van der Waals surface area contributed by atoms with Gasteiger partial charge in [0.2, 0.25) is 0 Å². The smallest absolute Gasteiger partial charge is 0.126 e. The Morgan fingerprint density at radius 2 is 1.72 bits per heavy atom. The van der Waals surface area contributed by atoms with Gasteiger partial charge in [0.05, 0.1) is 5.92 Å². The largest absolute Gasteiger partial charge is 0.369 e. The molecule has 102 valence electrons. The lowest BCUT2D eigenvalue weighted by atomic mass is 9.85. The third kappa shape index (κ3) is 4.09. The van der Waals surface area contributed by atoms with Gasteiger partial charge in [-0.2, -0.15) is 0 Å². The molecule has 1 aliphatic carbocycles. The number of carbonyl (C=O) groups excluding carboxylic acids is 1. The van der Waals surface area contributed by atoms with Crippen LogP contribution in [0.3, 0.4) is 0 Å². The molecule has 1 unspecified atom stereocenters. The zero-order chi connectivity index (χ0) is 13.4. The zero-order valence-corrected chi connectivity index (χ0v) is 11.9. The van der Waals surface area contributed by atoms with E-state index in [-0.39, 0.29) is 5.92 Å². The molecule has 18 heavy (non-hydrogen) atoms. The first kappa shape index (κ1) is 15.2. The maximum Gasteiger partial charge on any atom is 0.126 e. The lowest BCUT2D eigenvalue weighted by Crippen LogP contribution is -2.36. The average Bonchev–Trinajstić information content (AvgIpc) is 2.83. The minimum atomic E-state index is -0.486. The molecule has 2 heteroatoms. The number of rotatable bonds is 9. The van der Waals surface area contributed by atoms with Gasteiger partial charge in [0.25, 0.3) is 0 Å². The van der Waals surface area contributed by atoms with Gasteiger partial charge in [-0.25, -0.2) is 0 Å². The molecule has 1 aliphatic rings. The molecule has 0 aromatic heterocycles. The van der Waals surface area contributed by atoms with Crippen molar-refractivity contribution < 1.29 is 9.53 Å². The second kappa shape index (κ2) is 7.52. The molecule has 0 spiro atoms. The van der Waals surface area contributed by atoms with Gasteiger partial charge < -0.3 is 9.53 Å². The minimum absolute atomic E-state index is 0.0588. The predicted molar refractivity (Wildman–Crippen MR) is 75.5 cm³/mol. The normalized spacial score (nSPS) is 18.4. The monoisotopic (exact) mass is 250 g/mol. The van der Waals surface area contributed by atoms with Gasteiger partial charge in [0, 0.05) is 7.11 Å². The first-order chi connectivity index (χ1) is 8.64. The van der Waals surface area contributed by atoms with Crippen molar-refractivity contribution in [2.24, 2.45) is 11.8 Å². The van der Waals surface area contributed by atoms with Crippen LogP contribution in [0.5, 0.6) is 0 Å². The molecule has 1 rings (SSSR count). The fourth-order valence-electron chi connectivity index (χ4n) is 2.50. The van der Waals surface area contributed by atoms with Crippen LogP contribution in [-0.4, -0.2) is 19.0 Å². The molecular weight excluding hydrogens is 224 g/mol. The maximum atomic E-state index is 11.3. The Balaban J connectivity index is 2.36. The van der Waals surface area contributed by atoms with Crippen molar-refractivity contribution in [1.29, 1.82) is 0 Å². The van der Waals surface area contributed by atoms with Crippen LogP contribution >= 0.6 is 0 Å². The van der Waals surface area contributed by atoms with E-state index in [1.807, 2.05) is 24.3 Å².